The topological polar surface area (TPSA) is 87.7 Å². The zero-order valence-electron chi connectivity index (χ0n) is 14.1. The quantitative estimate of drug-likeness (QED) is 0.773. The molecule has 1 fully saturated rings. The molecule has 2 N–H and O–H groups in total. The molecule has 7 nitrogen and oxygen atoms in total. The van der Waals surface area contributed by atoms with E-state index < -0.39 is 11.8 Å². The molecule has 0 aliphatic carbocycles. The van der Waals surface area contributed by atoms with Crippen LogP contribution in [0.25, 0.3) is 0 Å². The third kappa shape index (κ3) is 6.26. The van der Waals surface area contributed by atoms with Gasteiger partial charge in [0.25, 0.3) is 11.8 Å². The Balaban J connectivity index is 1.71. The Hall–Kier alpha value is -2.28. The van der Waals surface area contributed by atoms with Crippen molar-refractivity contribution in [2.45, 2.75) is 32.6 Å². The molecule has 1 aromatic rings. The minimum absolute atomic E-state index is 0.0273. The van der Waals surface area contributed by atoms with Crippen LogP contribution in [0.5, 0.6) is 5.75 Å². The van der Waals surface area contributed by atoms with Gasteiger partial charge >= 0.3 is 0 Å². The van der Waals surface area contributed by atoms with E-state index in [0.29, 0.717) is 23.7 Å². The zero-order valence-corrected chi connectivity index (χ0v) is 14.9. The van der Waals surface area contributed by atoms with Crippen LogP contribution in [0.1, 0.15) is 31.2 Å². The molecule has 0 atom stereocenters. The molecule has 136 valence electrons. The molecule has 0 unspecified atom stereocenters. The van der Waals surface area contributed by atoms with Crippen molar-refractivity contribution in [2.24, 2.45) is 0 Å². The first-order chi connectivity index (χ1) is 12.0. The summed E-state index contributed by atoms with van der Waals surface area (Å²) in [5.41, 5.74) is 5.38. The Kier molecular flexibility index (Phi) is 7.06. The number of carbonyl (C=O) groups excluding carboxylic acids is 3. The van der Waals surface area contributed by atoms with E-state index in [1.54, 1.807) is 18.2 Å². The predicted molar refractivity (Wildman–Crippen MR) is 93.0 cm³/mol. The van der Waals surface area contributed by atoms with Crippen molar-refractivity contribution in [1.82, 2.24) is 15.8 Å². The number of benzene rings is 1. The molecule has 0 bridgehead atoms. The van der Waals surface area contributed by atoms with Crippen molar-refractivity contribution < 1.29 is 19.1 Å². The number of hydrogen-bond acceptors (Lipinski definition) is 4. The highest BCUT2D eigenvalue weighted by Crippen LogP contribution is 2.21. The van der Waals surface area contributed by atoms with Crippen LogP contribution in [-0.2, 0) is 14.4 Å². The van der Waals surface area contributed by atoms with E-state index in [1.807, 2.05) is 6.92 Å². The normalized spacial score (nSPS) is 14.6. The number of amides is 3. The van der Waals surface area contributed by atoms with Crippen LogP contribution >= 0.6 is 11.6 Å². The summed E-state index contributed by atoms with van der Waals surface area (Å²) in [5, 5.41) is 0.588. The van der Waals surface area contributed by atoms with Crippen molar-refractivity contribution in [3.63, 3.8) is 0 Å². The van der Waals surface area contributed by atoms with Crippen LogP contribution < -0.4 is 15.6 Å². The Morgan fingerprint density at radius 2 is 1.96 bits per heavy atom. The third-order valence-corrected chi connectivity index (χ3v) is 4.08. The van der Waals surface area contributed by atoms with Gasteiger partial charge < -0.3 is 9.64 Å². The lowest BCUT2D eigenvalue weighted by Gasteiger charge is -2.19. The molecule has 0 radical (unpaired) electrons. The smallest absolute Gasteiger partial charge is 0.276 e. The van der Waals surface area contributed by atoms with Gasteiger partial charge in [0.15, 0.2) is 6.61 Å². The third-order valence-electron chi connectivity index (χ3n) is 3.84. The largest absolute Gasteiger partial charge is 0.483 e. The number of nitrogens with one attached hydrogen (secondary N) is 2. The van der Waals surface area contributed by atoms with E-state index >= 15 is 0 Å². The first-order valence-electron chi connectivity index (χ1n) is 8.20. The molecule has 3 amide bonds. The summed E-state index contributed by atoms with van der Waals surface area (Å²) in [6.07, 6.45) is 3.20. The molecule has 0 spiro atoms. The van der Waals surface area contributed by atoms with Gasteiger partial charge in [-0.05, 0) is 43.5 Å². The summed E-state index contributed by atoms with van der Waals surface area (Å²) in [6.45, 7) is 2.08. The SMILES string of the molecule is Cc1cc(Cl)ccc1OCC(=O)NNC(=O)CN1CCCCCC1=O. The summed E-state index contributed by atoms with van der Waals surface area (Å²) < 4.78 is 5.38. The van der Waals surface area contributed by atoms with Crippen molar-refractivity contribution in [3.05, 3.63) is 28.8 Å². The van der Waals surface area contributed by atoms with Crippen molar-refractivity contribution in [2.75, 3.05) is 19.7 Å². The van der Waals surface area contributed by atoms with Gasteiger partial charge in [-0.3, -0.25) is 25.2 Å². The minimum Gasteiger partial charge on any atom is -0.483 e. The monoisotopic (exact) mass is 367 g/mol. The highest BCUT2D eigenvalue weighted by molar-refractivity contribution is 6.30. The van der Waals surface area contributed by atoms with E-state index in [1.165, 1.54) is 4.90 Å². The van der Waals surface area contributed by atoms with E-state index in [2.05, 4.69) is 10.9 Å². The average molecular weight is 368 g/mol. The molecule has 0 aromatic heterocycles. The molecule has 1 saturated heterocycles. The summed E-state index contributed by atoms with van der Waals surface area (Å²) in [7, 11) is 0. The molecular formula is C17H22ClN3O4. The van der Waals surface area contributed by atoms with Gasteiger partial charge in [-0.1, -0.05) is 18.0 Å². The first kappa shape index (κ1) is 19.1. The predicted octanol–water partition coefficient (Wildman–Crippen LogP) is 1.58. The summed E-state index contributed by atoms with van der Waals surface area (Å²) >= 11 is 5.85. The Bertz CT molecular complexity index is 651. The van der Waals surface area contributed by atoms with Gasteiger partial charge in [0.2, 0.25) is 5.91 Å². The maximum atomic E-state index is 11.9. The van der Waals surface area contributed by atoms with Crippen molar-refractivity contribution in [1.29, 1.82) is 0 Å². The molecule has 1 aromatic carbocycles. The fraction of sp³-hybridized carbons (Fsp3) is 0.471. The van der Waals surface area contributed by atoms with Crippen molar-refractivity contribution in [3.8, 4) is 5.75 Å². The fourth-order valence-electron chi connectivity index (χ4n) is 2.51. The molecule has 1 aliphatic rings. The number of hydrogen-bond donors (Lipinski definition) is 2. The van der Waals surface area contributed by atoms with Gasteiger partial charge in [0.1, 0.15) is 12.3 Å². The fourth-order valence-corrected chi connectivity index (χ4v) is 2.74. The molecule has 2 rings (SSSR count). The first-order valence-corrected chi connectivity index (χ1v) is 8.58. The lowest BCUT2D eigenvalue weighted by Crippen LogP contribution is -2.48. The van der Waals surface area contributed by atoms with Crippen LogP contribution in [0.2, 0.25) is 5.02 Å². The molecule has 0 saturated carbocycles. The number of aryl methyl sites for hydroxylation is 1. The van der Waals surface area contributed by atoms with E-state index in [0.717, 1.165) is 24.8 Å². The maximum Gasteiger partial charge on any atom is 0.276 e. The number of halogens is 1. The van der Waals surface area contributed by atoms with Gasteiger partial charge in [-0.15, -0.1) is 0 Å². The number of nitrogens with zero attached hydrogens (tertiary/aromatic N) is 1. The van der Waals surface area contributed by atoms with Gasteiger partial charge in [-0.25, -0.2) is 0 Å². The number of ether oxygens (including phenoxy) is 1. The highest BCUT2D eigenvalue weighted by atomic mass is 35.5. The molecule has 8 heteroatoms. The second-order valence-corrected chi connectivity index (χ2v) is 6.36. The van der Waals surface area contributed by atoms with E-state index in [-0.39, 0.29) is 19.1 Å². The molecule has 1 heterocycles. The minimum atomic E-state index is -0.495. The van der Waals surface area contributed by atoms with Crippen LogP contribution in [0.4, 0.5) is 0 Å². The van der Waals surface area contributed by atoms with Crippen LogP contribution in [0.15, 0.2) is 18.2 Å². The Labute approximate surface area is 151 Å². The maximum absolute atomic E-state index is 11.9. The number of rotatable bonds is 5. The van der Waals surface area contributed by atoms with Crippen molar-refractivity contribution >= 4 is 29.3 Å². The summed E-state index contributed by atoms with van der Waals surface area (Å²) in [6, 6.07) is 5.07. The standard InChI is InChI=1S/C17H22ClN3O4/c1-12-9-13(18)6-7-14(12)25-11-16(23)20-19-15(22)10-21-8-4-2-3-5-17(21)24/h6-7,9H,2-5,8,10-11H2,1H3,(H,19,22)(H,20,23). The van der Waals surface area contributed by atoms with Crippen LogP contribution in [-0.4, -0.2) is 42.3 Å². The van der Waals surface area contributed by atoms with E-state index in [9.17, 15) is 14.4 Å². The van der Waals surface area contributed by atoms with Gasteiger partial charge in [0.05, 0.1) is 0 Å². The number of carbonyl (C=O) groups is 3. The average Bonchev–Trinajstić information content (AvgIpc) is 2.77. The Morgan fingerprint density at radius 1 is 1.20 bits per heavy atom. The molecular weight excluding hydrogens is 346 g/mol. The lowest BCUT2D eigenvalue weighted by atomic mass is 10.2. The van der Waals surface area contributed by atoms with Gasteiger partial charge in [-0.2, -0.15) is 0 Å². The second kappa shape index (κ2) is 9.27. The number of hydrazine groups is 1. The van der Waals surface area contributed by atoms with Gasteiger partial charge in [0, 0.05) is 18.0 Å². The van der Waals surface area contributed by atoms with Crippen LogP contribution in [0.3, 0.4) is 0 Å². The lowest BCUT2D eigenvalue weighted by molar-refractivity contribution is -0.136. The summed E-state index contributed by atoms with van der Waals surface area (Å²) in [4.78, 5) is 37.0. The molecule has 1 aliphatic heterocycles. The number of likely N-dealkylation sites (tertiary alicyclic amines) is 1. The summed E-state index contributed by atoms with van der Waals surface area (Å²) in [5.74, 6) is -0.419. The van der Waals surface area contributed by atoms with E-state index in [4.69, 9.17) is 16.3 Å². The Morgan fingerprint density at radius 3 is 2.72 bits per heavy atom. The molecule has 25 heavy (non-hydrogen) atoms. The van der Waals surface area contributed by atoms with Crippen LogP contribution in [0, 0.1) is 6.92 Å². The highest BCUT2D eigenvalue weighted by Gasteiger charge is 2.19. The second-order valence-electron chi connectivity index (χ2n) is 5.92. The zero-order chi connectivity index (χ0) is 18.2.